The molecule has 1 saturated carbocycles. The molecule has 1 unspecified atom stereocenters. The zero-order chi connectivity index (χ0) is 15.3. The van der Waals surface area contributed by atoms with Crippen molar-refractivity contribution in [3.05, 3.63) is 23.0 Å². The maximum absolute atomic E-state index is 12.6. The van der Waals surface area contributed by atoms with Crippen molar-refractivity contribution in [3.63, 3.8) is 0 Å². The molecule has 2 fully saturated rings. The largest absolute Gasteiger partial charge is 0.349 e. The van der Waals surface area contributed by atoms with Crippen LogP contribution in [0, 0.1) is 24.7 Å². The fourth-order valence-corrected chi connectivity index (χ4v) is 5.06. The van der Waals surface area contributed by atoms with E-state index in [0.29, 0.717) is 18.3 Å². The molecule has 2 aromatic heterocycles. The monoisotopic (exact) mass is 386 g/mol. The molecule has 0 aromatic carbocycles. The molecule has 4 rings (SSSR count). The van der Waals surface area contributed by atoms with Crippen LogP contribution in [0.1, 0.15) is 35.9 Å². The predicted molar refractivity (Wildman–Crippen MR) is 108 cm³/mol. The summed E-state index contributed by atoms with van der Waals surface area (Å²) in [6, 6.07) is 0.421. The summed E-state index contributed by atoms with van der Waals surface area (Å²) in [5.74, 6) is 2.35. The number of fused-ring (bicyclic) bond motifs is 2. The molecule has 1 amide bonds. The van der Waals surface area contributed by atoms with E-state index in [2.05, 4.69) is 22.5 Å². The van der Waals surface area contributed by atoms with Crippen LogP contribution in [0.15, 0.2) is 11.6 Å². The second kappa shape index (κ2) is 7.68. The van der Waals surface area contributed by atoms with E-state index in [1.54, 1.807) is 11.3 Å². The van der Waals surface area contributed by atoms with Crippen LogP contribution in [0.25, 0.3) is 4.96 Å². The maximum atomic E-state index is 12.6. The van der Waals surface area contributed by atoms with E-state index < -0.39 is 0 Å². The standard InChI is InChI=1S/C16H22N4OS.2H2S/c1-9-5-11-7-17-13(12(11)6-9)8-18-15(21)14-10(2)19-16-20(14)3-4-22-16;;/h3-4,9,11-13,17H,5-8H2,1-2H3,(H,18,21);2*1H2/t9?,11-,12-,13+;;/m0../s1. The SMILES string of the molecule is Cc1nc2sccn2c1C(=O)NC[C@H]1NC[C@@H]2CC(C)C[C@@H]21.S.S. The van der Waals surface area contributed by atoms with Gasteiger partial charge >= 0.3 is 0 Å². The van der Waals surface area contributed by atoms with Crippen LogP contribution in [-0.4, -0.2) is 34.4 Å². The van der Waals surface area contributed by atoms with Gasteiger partial charge < -0.3 is 10.6 Å². The number of hydrogen-bond donors (Lipinski definition) is 2. The van der Waals surface area contributed by atoms with Crippen LogP contribution in [-0.2, 0) is 0 Å². The summed E-state index contributed by atoms with van der Waals surface area (Å²) in [6.45, 7) is 6.06. The van der Waals surface area contributed by atoms with Gasteiger partial charge in [-0.3, -0.25) is 9.20 Å². The number of imidazole rings is 1. The molecule has 2 N–H and O–H groups in total. The van der Waals surface area contributed by atoms with Crippen molar-refractivity contribution in [3.8, 4) is 0 Å². The number of aromatic nitrogens is 2. The Hall–Kier alpha value is -0.700. The Balaban J connectivity index is 0.00000104. The van der Waals surface area contributed by atoms with Crippen LogP contribution in [0.3, 0.4) is 0 Å². The van der Waals surface area contributed by atoms with E-state index in [1.165, 1.54) is 12.8 Å². The van der Waals surface area contributed by atoms with Gasteiger partial charge in [-0.15, -0.1) is 11.3 Å². The normalized spacial score (nSPS) is 28.2. The second-order valence-electron chi connectivity index (χ2n) is 6.83. The Morgan fingerprint density at radius 1 is 1.46 bits per heavy atom. The Morgan fingerprint density at radius 3 is 3.04 bits per heavy atom. The lowest BCUT2D eigenvalue weighted by molar-refractivity contribution is 0.0941. The van der Waals surface area contributed by atoms with Gasteiger partial charge in [-0.1, -0.05) is 6.92 Å². The van der Waals surface area contributed by atoms with Crippen molar-refractivity contribution in [2.45, 2.75) is 32.7 Å². The van der Waals surface area contributed by atoms with Gasteiger partial charge in [0.2, 0.25) is 0 Å². The van der Waals surface area contributed by atoms with E-state index in [9.17, 15) is 4.79 Å². The molecule has 4 atom stereocenters. The third-order valence-electron chi connectivity index (χ3n) is 5.28. The van der Waals surface area contributed by atoms with Crippen LogP contribution >= 0.6 is 38.3 Å². The number of nitrogens with one attached hydrogen (secondary N) is 2. The highest BCUT2D eigenvalue weighted by Gasteiger charge is 2.41. The summed E-state index contributed by atoms with van der Waals surface area (Å²) in [5, 5.41) is 8.67. The first kappa shape index (κ1) is 19.6. The average molecular weight is 387 g/mol. The lowest BCUT2D eigenvalue weighted by Gasteiger charge is -2.19. The number of amides is 1. The number of hydrogen-bond acceptors (Lipinski definition) is 4. The molecular weight excluding hydrogens is 360 g/mol. The topological polar surface area (TPSA) is 58.4 Å². The van der Waals surface area contributed by atoms with E-state index in [1.807, 2.05) is 22.9 Å². The molecule has 3 heterocycles. The van der Waals surface area contributed by atoms with Gasteiger partial charge in [0.25, 0.3) is 5.91 Å². The summed E-state index contributed by atoms with van der Waals surface area (Å²) in [4.78, 5) is 17.9. The van der Waals surface area contributed by atoms with Crippen LogP contribution in [0.5, 0.6) is 0 Å². The smallest absolute Gasteiger partial charge is 0.270 e. The Labute approximate surface area is 160 Å². The Bertz CT molecular complexity index is 713. The van der Waals surface area contributed by atoms with Gasteiger partial charge in [0.1, 0.15) is 5.69 Å². The average Bonchev–Trinajstić information content (AvgIpc) is 3.17. The summed E-state index contributed by atoms with van der Waals surface area (Å²) in [6.07, 6.45) is 4.54. The number of carbonyl (C=O) groups excluding carboxylic acids is 1. The first-order valence-corrected chi connectivity index (χ1v) is 8.95. The van der Waals surface area contributed by atoms with E-state index in [4.69, 9.17) is 0 Å². The zero-order valence-electron chi connectivity index (χ0n) is 14.0. The maximum Gasteiger partial charge on any atom is 0.270 e. The summed E-state index contributed by atoms with van der Waals surface area (Å²) < 4.78 is 1.89. The molecule has 134 valence electrons. The first-order valence-electron chi connectivity index (χ1n) is 8.07. The zero-order valence-corrected chi connectivity index (χ0v) is 16.8. The van der Waals surface area contributed by atoms with Gasteiger partial charge in [0.05, 0.1) is 5.69 Å². The van der Waals surface area contributed by atoms with Gasteiger partial charge in [-0.05, 0) is 44.1 Å². The third-order valence-corrected chi connectivity index (χ3v) is 6.03. The number of rotatable bonds is 3. The molecular formula is C16H26N4OS3. The molecule has 5 nitrogen and oxygen atoms in total. The fourth-order valence-electron chi connectivity index (χ4n) is 4.30. The Morgan fingerprint density at radius 2 is 2.25 bits per heavy atom. The number of aryl methyl sites for hydroxylation is 1. The number of nitrogens with zero attached hydrogens (tertiary/aromatic N) is 2. The van der Waals surface area contributed by atoms with Gasteiger partial charge in [-0.2, -0.15) is 27.0 Å². The van der Waals surface area contributed by atoms with Gasteiger partial charge in [0.15, 0.2) is 4.96 Å². The molecule has 0 radical (unpaired) electrons. The molecule has 2 aromatic rings. The van der Waals surface area contributed by atoms with Crippen molar-refractivity contribution in [1.82, 2.24) is 20.0 Å². The van der Waals surface area contributed by atoms with Gasteiger partial charge in [-0.25, -0.2) is 4.98 Å². The molecule has 1 aliphatic carbocycles. The lowest BCUT2D eigenvalue weighted by Crippen LogP contribution is -2.41. The van der Waals surface area contributed by atoms with Crippen molar-refractivity contribution in [2.75, 3.05) is 13.1 Å². The first-order chi connectivity index (χ1) is 10.6. The summed E-state index contributed by atoms with van der Waals surface area (Å²) >= 11 is 1.56. The van der Waals surface area contributed by atoms with Crippen molar-refractivity contribution >= 4 is 49.2 Å². The summed E-state index contributed by atoms with van der Waals surface area (Å²) in [5.41, 5.74) is 1.47. The highest BCUT2D eigenvalue weighted by Crippen LogP contribution is 2.40. The van der Waals surface area contributed by atoms with Crippen LogP contribution in [0.4, 0.5) is 0 Å². The molecule has 0 spiro atoms. The molecule has 8 heteroatoms. The minimum atomic E-state index is -0.0142. The third kappa shape index (κ3) is 3.34. The lowest BCUT2D eigenvalue weighted by atomic mass is 9.94. The van der Waals surface area contributed by atoms with Crippen LogP contribution in [0.2, 0.25) is 0 Å². The highest BCUT2D eigenvalue weighted by atomic mass is 32.1. The number of thiazole rings is 1. The minimum absolute atomic E-state index is 0. The van der Waals surface area contributed by atoms with Crippen LogP contribution < -0.4 is 10.6 Å². The van der Waals surface area contributed by atoms with E-state index in [-0.39, 0.29) is 32.9 Å². The summed E-state index contributed by atoms with van der Waals surface area (Å²) in [7, 11) is 0. The molecule has 1 saturated heterocycles. The van der Waals surface area contributed by atoms with Gasteiger partial charge in [0, 0.05) is 24.2 Å². The second-order valence-corrected chi connectivity index (χ2v) is 7.70. The van der Waals surface area contributed by atoms with E-state index in [0.717, 1.165) is 35.0 Å². The van der Waals surface area contributed by atoms with Crippen molar-refractivity contribution in [1.29, 1.82) is 0 Å². The van der Waals surface area contributed by atoms with Crippen molar-refractivity contribution < 1.29 is 4.79 Å². The minimum Gasteiger partial charge on any atom is -0.349 e. The van der Waals surface area contributed by atoms with E-state index >= 15 is 0 Å². The molecule has 24 heavy (non-hydrogen) atoms. The highest BCUT2D eigenvalue weighted by molar-refractivity contribution is 7.59. The molecule has 2 aliphatic rings. The number of carbonyl (C=O) groups is 1. The fraction of sp³-hybridized carbons (Fsp3) is 0.625. The van der Waals surface area contributed by atoms with Crippen molar-refractivity contribution in [2.24, 2.45) is 17.8 Å². The molecule has 0 bridgehead atoms. The molecule has 1 aliphatic heterocycles. The Kier molecular flexibility index (Phi) is 6.28. The predicted octanol–water partition coefficient (Wildman–Crippen LogP) is 2.29. The quantitative estimate of drug-likeness (QED) is 0.851.